The number of halogens is 1. The molecule has 0 saturated heterocycles. The first-order valence-corrected chi connectivity index (χ1v) is 13.2. The number of alkyl halides is 1. The summed E-state index contributed by atoms with van der Waals surface area (Å²) < 4.78 is 5.54. The van der Waals surface area contributed by atoms with Crippen LogP contribution in [0.15, 0.2) is 91.0 Å². The van der Waals surface area contributed by atoms with Gasteiger partial charge in [0.2, 0.25) is 0 Å². The van der Waals surface area contributed by atoms with E-state index in [0.29, 0.717) is 6.42 Å². The molecule has 0 heterocycles. The lowest BCUT2D eigenvalue weighted by Gasteiger charge is -2.32. The number of hydrogen-bond donors (Lipinski definition) is 0. The molecular weight excluding hydrogens is 455 g/mol. The first-order chi connectivity index (χ1) is 14.5. The maximum atomic E-state index is 12.1. The topological polar surface area (TPSA) is 26.3 Å². The first kappa shape index (κ1) is 22.7. The van der Waals surface area contributed by atoms with E-state index in [-0.39, 0.29) is 16.6 Å². The summed E-state index contributed by atoms with van der Waals surface area (Å²) in [5.74, 6) is -0.118. The molecule has 0 radical (unpaired) electrons. The Morgan fingerprint density at radius 3 is 1.57 bits per heavy atom. The van der Waals surface area contributed by atoms with Crippen LogP contribution in [-0.4, -0.2) is 16.6 Å². The molecule has 3 aromatic rings. The summed E-state index contributed by atoms with van der Waals surface area (Å²) in [6.07, 6.45) is 2.05. The number of esters is 1. The largest absolute Gasteiger partial charge is 0.463 e. The molecule has 0 aliphatic heterocycles. The second kappa shape index (κ2) is 10.9. The molecule has 0 amide bonds. The lowest BCUT2D eigenvalue weighted by molar-refractivity contribution is -0.147. The fourth-order valence-corrected chi connectivity index (χ4v) is 10.7. The van der Waals surface area contributed by atoms with Gasteiger partial charge in [-0.3, -0.25) is 4.79 Å². The molecule has 0 aromatic heterocycles. The highest BCUT2D eigenvalue weighted by Gasteiger charge is 2.51. The highest BCUT2D eigenvalue weighted by atomic mass is 79.9. The van der Waals surface area contributed by atoms with Crippen LogP contribution in [-0.2, 0) is 9.53 Å². The number of rotatable bonds is 9. The van der Waals surface area contributed by atoms with Crippen LogP contribution >= 0.6 is 23.2 Å². The maximum Gasteiger partial charge on any atom is 0.306 e. The van der Waals surface area contributed by atoms with Crippen molar-refractivity contribution in [1.29, 1.82) is 0 Å². The van der Waals surface area contributed by atoms with E-state index < -0.39 is 7.26 Å². The molecule has 30 heavy (non-hydrogen) atoms. The molecule has 3 rings (SSSR count). The summed E-state index contributed by atoms with van der Waals surface area (Å²) in [5, 5.41) is 4.03. The van der Waals surface area contributed by atoms with E-state index in [4.69, 9.17) is 4.74 Å². The molecule has 1 atom stereocenters. The fraction of sp³-hybridized carbons (Fsp3) is 0.269. The Bertz CT molecular complexity index is 817. The van der Waals surface area contributed by atoms with Crippen molar-refractivity contribution in [2.75, 3.05) is 0 Å². The van der Waals surface area contributed by atoms with Crippen molar-refractivity contribution in [3.63, 3.8) is 0 Å². The number of benzene rings is 3. The van der Waals surface area contributed by atoms with Gasteiger partial charge >= 0.3 is 5.97 Å². The number of ether oxygens (including phenoxy) is 1. The average Bonchev–Trinajstić information content (AvgIpc) is 2.76. The molecule has 0 N–H and O–H groups in total. The van der Waals surface area contributed by atoms with Crippen molar-refractivity contribution in [3.05, 3.63) is 91.0 Å². The van der Waals surface area contributed by atoms with E-state index in [0.717, 1.165) is 12.8 Å². The zero-order chi connectivity index (χ0) is 21.4. The summed E-state index contributed by atoms with van der Waals surface area (Å²) in [4.78, 5) is 12.1. The van der Waals surface area contributed by atoms with Crippen LogP contribution in [0.25, 0.3) is 0 Å². The van der Waals surface area contributed by atoms with E-state index in [1.165, 1.54) is 15.9 Å². The Morgan fingerprint density at radius 1 is 0.800 bits per heavy atom. The Kier molecular flexibility index (Phi) is 8.24. The summed E-state index contributed by atoms with van der Waals surface area (Å²) in [7, 11) is -1.97. The lowest BCUT2D eigenvalue weighted by atomic mass is 10.2. The van der Waals surface area contributed by atoms with Crippen LogP contribution in [0.3, 0.4) is 0 Å². The van der Waals surface area contributed by atoms with Crippen LogP contribution in [0.2, 0.25) is 0 Å². The Morgan fingerprint density at radius 2 is 1.20 bits per heavy atom. The predicted molar refractivity (Wildman–Crippen MR) is 133 cm³/mol. The van der Waals surface area contributed by atoms with E-state index >= 15 is 0 Å². The molecule has 0 saturated carbocycles. The van der Waals surface area contributed by atoms with E-state index in [1.54, 1.807) is 0 Å². The molecule has 0 fully saturated rings. The molecule has 2 nitrogen and oxygen atoms in total. The SMILES string of the molecule is CC(C)OC(=O)CCCC(Br)[P+](c1ccccc1)(c1ccccc1)c1ccccc1. The number of carbonyl (C=O) groups excluding carboxylic acids is 1. The van der Waals surface area contributed by atoms with Crippen LogP contribution in [0, 0.1) is 0 Å². The van der Waals surface area contributed by atoms with Crippen molar-refractivity contribution in [2.24, 2.45) is 0 Å². The standard InChI is InChI=1S/C26H29BrO2P/c1-21(2)29-26(28)20-12-19-25(27)30(22-13-6-3-7-14-22,23-15-8-4-9-16-23)24-17-10-5-11-18-24/h3-11,13-18,21,25H,12,19-20H2,1-2H3/q+1. The van der Waals surface area contributed by atoms with E-state index in [1.807, 2.05) is 13.8 Å². The fourth-order valence-electron chi connectivity index (χ4n) is 3.85. The zero-order valence-corrected chi connectivity index (χ0v) is 20.1. The predicted octanol–water partition coefficient (Wildman–Crippen LogP) is 5.82. The van der Waals surface area contributed by atoms with Crippen molar-refractivity contribution < 1.29 is 9.53 Å². The van der Waals surface area contributed by atoms with Crippen LogP contribution < -0.4 is 15.9 Å². The third kappa shape index (κ3) is 5.20. The summed E-state index contributed by atoms with van der Waals surface area (Å²) >= 11 is 4.11. The van der Waals surface area contributed by atoms with Gasteiger partial charge in [-0.15, -0.1) is 0 Å². The lowest BCUT2D eigenvalue weighted by Crippen LogP contribution is -2.36. The molecular formula is C26H29BrO2P+. The highest BCUT2D eigenvalue weighted by Crippen LogP contribution is 2.63. The molecule has 3 aromatic carbocycles. The van der Waals surface area contributed by atoms with Gasteiger partial charge in [-0.2, -0.15) is 0 Å². The van der Waals surface area contributed by atoms with Crippen molar-refractivity contribution in [3.8, 4) is 0 Å². The Balaban J connectivity index is 2.02. The van der Waals surface area contributed by atoms with Crippen LogP contribution in [0.4, 0.5) is 0 Å². The second-order valence-corrected chi connectivity index (χ2v) is 13.0. The zero-order valence-electron chi connectivity index (χ0n) is 17.6. The van der Waals surface area contributed by atoms with Gasteiger partial charge < -0.3 is 4.74 Å². The van der Waals surface area contributed by atoms with E-state index in [2.05, 4.69) is 107 Å². The minimum atomic E-state index is -1.97. The number of hydrogen-bond acceptors (Lipinski definition) is 2. The quantitative estimate of drug-likeness (QED) is 0.217. The monoisotopic (exact) mass is 483 g/mol. The highest BCUT2D eigenvalue weighted by molar-refractivity contribution is 9.11. The molecule has 4 heteroatoms. The minimum absolute atomic E-state index is 0.0678. The van der Waals surface area contributed by atoms with Gasteiger partial charge in [-0.05, 0) is 79.0 Å². The van der Waals surface area contributed by atoms with Gasteiger partial charge in [0.1, 0.15) is 27.7 Å². The van der Waals surface area contributed by atoms with Crippen molar-refractivity contribution in [1.82, 2.24) is 0 Å². The van der Waals surface area contributed by atoms with Gasteiger partial charge in [0.15, 0.2) is 0 Å². The molecule has 156 valence electrons. The molecule has 0 spiro atoms. The van der Waals surface area contributed by atoms with Crippen LogP contribution in [0.1, 0.15) is 33.1 Å². The maximum absolute atomic E-state index is 12.1. The van der Waals surface area contributed by atoms with Gasteiger partial charge in [-0.25, -0.2) is 0 Å². The Hall–Kier alpha value is -1.96. The van der Waals surface area contributed by atoms with Gasteiger partial charge in [0, 0.05) is 6.42 Å². The molecule has 1 unspecified atom stereocenters. The normalized spacial score (nSPS) is 12.5. The smallest absolute Gasteiger partial charge is 0.306 e. The molecule has 0 aliphatic rings. The minimum Gasteiger partial charge on any atom is -0.463 e. The van der Waals surface area contributed by atoms with E-state index in [9.17, 15) is 4.79 Å². The van der Waals surface area contributed by atoms with Gasteiger partial charge in [0.05, 0.1) is 6.10 Å². The summed E-state index contributed by atoms with van der Waals surface area (Å²) in [6, 6.07) is 32.4. The Labute approximate surface area is 189 Å². The second-order valence-electron chi connectivity index (χ2n) is 7.59. The molecule has 0 aliphatic carbocycles. The van der Waals surface area contributed by atoms with Gasteiger partial charge in [-0.1, -0.05) is 54.6 Å². The summed E-state index contributed by atoms with van der Waals surface area (Å²) in [6.45, 7) is 3.78. The van der Waals surface area contributed by atoms with Gasteiger partial charge in [0.25, 0.3) is 0 Å². The van der Waals surface area contributed by atoms with Crippen LogP contribution in [0.5, 0.6) is 0 Å². The molecule has 0 bridgehead atoms. The van der Waals surface area contributed by atoms with Crippen molar-refractivity contribution >= 4 is 45.1 Å². The first-order valence-electron chi connectivity index (χ1n) is 10.4. The average molecular weight is 484 g/mol. The van der Waals surface area contributed by atoms with Crippen molar-refractivity contribution in [2.45, 2.75) is 43.8 Å². The number of carbonyl (C=O) groups is 1. The third-order valence-electron chi connectivity index (χ3n) is 5.10. The third-order valence-corrected chi connectivity index (χ3v) is 11.8. The summed E-state index contributed by atoms with van der Waals surface area (Å²) in [5.41, 5.74) is 0.